The van der Waals surface area contributed by atoms with Gasteiger partial charge < -0.3 is 10.2 Å². The Morgan fingerprint density at radius 1 is 1.43 bits per heavy atom. The van der Waals surface area contributed by atoms with Crippen LogP contribution in [0.5, 0.6) is 5.75 Å². The maximum absolute atomic E-state index is 10.5. The fraction of sp³-hybridized carbons (Fsp3) is 0.100. The molecule has 1 heterocycles. The standard InChI is InChI=1S/C10H8O3S/c11-7-2-1-3-8-10(7)6(5-14-8)4-9(12)13/h1-3,5,11H,4H2,(H,12,13). The Morgan fingerprint density at radius 2 is 2.21 bits per heavy atom. The highest BCUT2D eigenvalue weighted by Crippen LogP contribution is 2.33. The minimum Gasteiger partial charge on any atom is -0.507 e. The highest BCUT2D eigenvalue weighted by Gasteiger charge is 2.10. The van der Waals surface area contributed by atoms with Crippen molar-refractivity contribution >= 4 is 27.4 Å². The molecule has 14 heavy (non-hydrogen) atoms. The van der Waals surface area contributed by atoms with Crippen molar-refractivity contribution < 1.29 is 15.0 Å². The SMILES string of the molecule is O=C(O)Cc1csc2cccc(O)c12. The monoisotopic (exact) mass is 208 g/mol. The van der Waals surface area contributed by atoms with Crippen molar-refractivity contribution in [2.75, 3.05) is 0 Å². The van der Waals surface area contributed by atoms with Gasteiger partial charge in [0.15, 0.2) is 0 Å². The summed E-state index contributed by atoms with van der Waals surface area (Å²) in [7, 11) is 0. The van der Waals surface area contributed by atoms with Crippen LogP contribution in [-0.4, -0.2) is 16.2 Å². The summed E-state index contributed by atoms with van der Waals surface area (Å²) < 4.78 is 0.918. The number of phenols is 1. The molecule has 0 aliphatic carbocycles. The fourth-order valence-corrected chi connectivity index (χ4v) is 2.41. The third kappa shape index (κ3) is 1.44. The second kappa shape index (κ2) is 3.31. The van der Waals surface area contributed by atoms with Crippen LogP contribution in [0.15, 0.2) is 23.6 Å². The number of aromatic hydroxyl groups is 1. The summed E-state index contributed by atoms with van der Waals surface area (Å²) in [5, 5.41) is 20.7. The molecule has 0 aliphatic rings. The molecule has 2 N–H and O–H groups in total. The van der Waals surface area contributed by atoms with Crippen molar-refractivity contribution in [3.8, 4) is 5.75 Å². The van der Waals surface area contributed by atoms with Gasteiger partial charge in [-0.1, -0.05) is 6.07 Å². The number of carbonyl (C=O) groups is 1. The second-order valence-corrected chi connectivity index (χ2v) is 3.89. The number of benzene rings is 1. The van der Waals surface area contributed by atoms with Crippen LogP contribution < -0.4 is 0 Å². The molecule has 1 aromatic heterocycles. The summed E-state index contributed by atoms with van der Waals surface area (Å²) in [6.45, 7) is 0. The Morgan fingerprint density at radius 3 is 2.93 bits per heavy atom. The second-order valence-electron chi connectivity index (χ2n) is 2.98. The van der Waals surface area contributed by atoms with Crippen LogP contribution in [0.1, 0.15) is 5.56 Å². The third-order valence-corrected chi connectivity index (χ3v) is 2.99. The van der Waals surface area contributed by atoms with Crippen molar-refractivity contribution in [3.05, 3.63) is 29.1 Å². The maximum atomic E-state index is 10.5. The third-order valence-electron chi connectivity index (χ3n) is 2.00. The Kier molecular flexibility index (Phi) is 2.13. The van der Waals surface area contributed by atoms with E-state index in [0.29, 0.717) is 10.9 Å². The van der Waals surface area contributed by atoms with Crippen LogP contribution in [0.4, 0.5) is 0 Å². The van der Waals surface area contributed by atoms with E-state index in [1.165, 1.54) is 11.3 Å². The number of hydrogen-bond donors (Lipinski definition) is 2. The Hall–Kier alpha value is -1.55. The summed E-state index contributed by atoms with van der Waals surface area (Å²) in [5.41, 5.74) is 0.676. The van der Waals surface area contributed by atoms with Crippen molar-refractivity contribution in [2.45, 2.75) is 6.42 Å². The van der Waals surface area contributed by atoms with Crippen molar-refractivity contribution in [3.63, 3.8) is 0 Å². The van der Waals surface area contributed by atoms with Gasteiger partial charge >= 0.3 is 5.97 Å². The summed E-state index contributed by atoms with van der Waals surface area (Å²) in [6, 6.07) is 5.18. The lowest BCUT2D eigenvalue weighted by Crippen LogP contribution is -1.98. The van der Waals surface area contributed by atoms with Gasteiger partial charge in [-0.2, -0.15) is 0 Å². The van der Waals surface area contributed by atoms with Gasteiger partial charge in [0.1, 0.15) is 5.75 Å². The molecule has 1 aromatic carbocycles. The molecule has 0 unspecified atom stereocenters. The quantitative estimate of drug-likeness (QED) is 0.795. The molecule has 72 valence electrons. The highest BCUT2D eigenvalue weighted by atomic mass is 32.1. The largest absolute Gasteiger partial charge is 0.507 e. The van der Waals surface area contributed by atoms with Crippen LogP contribution in [0, 0.1) is 0 Å². The molecule has 0 amide bonds. The summed E-state index contributed by atoms with van der Waals surface area (Å²) in [5.74, 6) is -0.729. The number of rotatable bonds is 2. The lowest BCUT2D eigenvalue weighted by Gasteiger charge is -1.97. The molecule has 0 aliphatic heterocycles. The number of hydrogen-bond acceptors (Lipinski definition) is 3. The Labute approximate surface area is 84.2 Å². The van der Waals surface area contributed by atoms with Gasteiger partial charge in [0.2, 0.25) is 0 Å². The molecular formula is C10H8O3S. The van der Waals surface area contributed by atoms with Crippen molar-refractivity contribution in [1.29, 1.82) is 0 Å². The topological polar surface area (TPSA) is 57.5 Å². The lowest BCUT2D eigenvalue weighted by atomic mass is 10.1. The van der Waals surface area contributed by atoms with Gasteiger partial charge in [-0.05, 0) is 23.1 Å². The van der Waals surface area contributed by atoms with E-state index in [-0.39, 0.29) is 12.2 Å². The number of carboxylic acids is 1. The first kappa shape index (κ1) is 9.02. The summed E-state index contributed by atoms with van der Waals surface area (Å²) >= 11 is 1.45. The number of phenolic OH excluding ortho intramolecular Hbond substituents is 1. The van der Waals surface area contributed by atoms with E-state index in [1.54, 1.807) is 17.5 Å². The fourth-order valence-electron chi connectivity index (χ4n) is 1.43. The van der Waals surface area contributed by atoms with Crippen molar-refractivity contribution in [2.24, 2.45) is 0 Å². The molecule has 0 radical (unpaired) electrons. The van der Waals surface area contributed by atoms with Crippen LogP contribution in [0.3, 0.4) is 0 Å². The van der Waals surface area contributed by atoms with E-state index in [4.69, 9.17) is 5.11 Å². The van der Waals surface area contributed by atoms with Crippen LogP contribution in [0.25, 0.3) is 10.1 Å². The van der Waals surface area contributed by atoms with Gasteiger partial charge in [0.25, 0.3) is 0 Å². The van der Waals surface area contributed by atoms with Crippen LogP contribution in [-0.2, 0) is 11.2 Å². The molecule has 2 rings (SSSR count). The zero-order chi connectivity index (χ0) is 10.1. The smallest absolute Gasteiger partial charge is 0.307 e. The van der Waals surface area contributed by atoms with E-state index < -0.39 is 5.97 Å². The normalized spacial score (nSPS) is 10.6. The number of carboxylic acid groups (broad SMARTS) is 1. The molecule has 0 saturated carbocycles. The van der Waals surface area contributed by atoms with E-state index in [0.717, 1.165) is 4.70 Å². The van der Waals surface area contributed by atoms with E-state index >= 15 is 0 Å². The lowest BCUT2D eigenvalue weighted by molar-refractivity contribution is -0.136. The molecule has 4 heteroatoms. The number of fused-ring (bicyclic) bond motifs is 1. The van der Waals surface area contributed by atoms with E-state index in [2.05, 4.69) is 0 Å². The van der Waals surface area contributed by atoms with Gasteiger partial charge in [-0.15, -0.1) is 11.3 Å². The molecule has 2 aromatic rings. The first-order chi connectivity index (χ1) is 6.68. The number of aliphatic carboxylic acids is 1. The molecule has 0 saturated heterocycles. The first-order valence-electron chi connectivity index (χ1n) is 4.08. The van der Waals surface area contributed by atoms with E-state index in [9.17, 15) is 9.90 Å². The van der Waals surface area contributed by atoms with Gasteiger partial charge in [0.05, 0.1) is 6.42 Å². The Balaban J connectivity index is 2.61. The van der Waals surface area contributed by atoms with Gasteiger partial charge in [0, 0.05) is 10.1 Å². The van der Waals surface area contributed by atoms with Gasteiger partial charge in [-0.25, -0.2) is 0 Å². The zero-order valence-corrected chi connectivity index (χ0v) is 8.04. The minimum absolute atomic E-state index is 0.0441. The molecule has 0 spiro atoms. The molecular weight excluding hydrogens is 200 g/mol. The molecule has 0 atom stereocenters. The zero-order valence-electron chi connectivity index (χ0n) is 7.23. The summed E-state index contributed by atoms with van der Waals surface area (Å²) in [6.07, 6.45) is -0.0441. The predicted molar refractivity (Wildman–Crippen MR) is 54.8 cm³/mol. The summed E-state index contributed by atoms with van der Waals surface area (Å²) in [4.78, 5) is 10.5. The van der Waals surface area contributed by atoms with E-state index in [1.807, 2.05) is 6.07 Å². The highest BCUT2D eigenvalue weighted by molar-refractivity contribution is 7.17. The average molecular weight is 208 g/mol. The van der Waals surface area contributed by atoms with Crippen molar-refractivity contribution in [1.82, 2.24) is 0 Å². The molecule has 0 fully saturated rings. The maximum Gasteiger partial charge on any atom is 0.307 e. The first-order valence-corrected chi connectivity index (χ1v) is 4.96. The predicted octanol–water partition coefficient (Wildman–Crippen LogP) is 2.23. The Bertz CT molecular complexity index is 487. The number of thiophene rings is 1. The molecule has 0 bridgehead atoms. The van der Waals surface area contributed by atoms with Crippen LogP contribution in [0.2, 0.25) is 0 Å². The minimum atomic E-state index is -0.882. The molecule has 3 nitrogen and oxygen atoms in total. The average Bonchev–Trinajstić information content (AvgIpc) is 2.49. The van der Waals surface area contributed by atoms with Crippen LogP contribution >= 0.6 is 11.3 Å². The van der Waals surface area contributed by atoms with Gasteiger partial charge in [-0.3, -0.25) is 4.79 Å².